The molecule has 0 aliphatic carbocycles. The molecular weight excluding hydrogens is 474 g/mol. The maximum absolute atomic E-state index is 13.2. The van der Waals surface area contributed by atoms with Gasteiger partial charge < -0.3 is 20.7 Å². The molecule has 0 radical (unpaired) electrons. The second kappa shape index (κ2) is 12.7. The lowest BCUT2D eigenvalue weighted by Gasteiger charge is -2.34. The van der Waals surface area contributed by atoms with Crippen molar-refractivity contribution < 1.29 is 24.5 Å². The minimum Gasteiger partial charge on any atom is -0.457 e. The highest BCUT2D eigenvalue weighted by molar-refractivity contribution is 8.03. The van der Waals surface area contributed by atoms with Gasteiger partial charge in [0.25, 0.3) is 0 Å². The number of carbonyl (C=O) groups is 2. The van der Waals surface area contributed by atoms with Crippen molar-refractivity contribution in [3.05, 3.63) is 59.0 Å². The van der Waals surface area contributed by atoms with Crippen LogP contribution in [0.3, 0.4) is 0 Å². The lowest BCUT2D eigenvalue weighted by molar-refractivity contribution is -0.155. The summed E-state index contributed by atoms with van der Waals surface area (Å²) < 4.78 is 5.82. The fraction of sp³-hybridized carbons (Fsp3) is 0.517. The van der Waals surface area contributed by atoms with E-state index in [1.165, 1.54) is 11.8 Å². The zero-order valence-electron chi connectivity index (χ0n) is 22.3. The summed E-state index contributed by atoms with van der Waals surface area (Å²) in [6.07, 6.45) is 3.92. The number of ketones is 1. The summed E-state index contributed by atoms with van der Waals surface area (Å²) in [4.78, 5) is 27.9. The number of allylic oxidation sites excluding steroid dienone is 3. The number of hydrogen-bond donors (Lipinski definition) is 3. The Bertz CT molecular complexity index is 1030. The van der Waals surface area contributed by atoms with Gasteiger partial charge in [-0.25, -0.2) is 0 Å². The Kier molecular flexibility index (Phi) is 10.6. The highest BCUT2D eigenvalue weighted by Crippen LogP contribution is 2.35. The maximum atomic E-state index is 13.2. The standard InChI is InChI=1S/C29H41NO5S/c1-17(2)36-24-14-12-21(15-22(24)30)23-13-11-18(3)9-8-10-19(4)27(33)20(5)28(34)29(6,7)25(31)16-26(32)35-23/h8,10-12,14-15,19-20,23,25,27,31,33H,1,9,13,16,30H2,2-7H3/b10-8+,18-11-/t19-,20+,23-,25-,27-/m0/s1. The highest BCUT2D eigenvalue weighted by Gasteiger charge is 2.42. The average Bonchev–Trinajstić information content (AvgIpc) is 2.80. The Morgan fingerprint density at radius 1 is 1.22 bits per heavy atom. The predicted molar refractivity (Wildman–Crippen MR) is 146 cm³/mol. The number of ether oxygens (including phenoxy) is 1. The number of cyclic esters (lactones) is 1. The van der Waals surface area contributed by atoms with E-state index in [9.17, 15) is 19.8 Å². The molecular formula is C29H41NO5S. The number of aliphatic hydroxyl groups excluding tert-OH is 2. The third kappa shape index (κ3) is 7.82. The fourth-order valence-electron chi connectivity index (χ4n) is 4.26. The Balaban J connectivity index is 2.42. The molecule has 198 valence electrons. The molecule has 5 atom stereocenters. The molecule has 0 fully saturated rings. The number of nitrogens with two attached hydrogens (primary N) is 1. The van der Waals surface area contributed by atoms with E-state index in [4.69, 9.17) is 10.5 Å². The lowest BCUT2D eigenvalue weighted by atomic mass is 9.73. The van der Waals surface area contributed by atoms with Crippen LogP contribution in [0.4, 0.5) is 5.69 Å². The number of esters is 1. The van der Waals surface area contributed by atoms with Gasteiger partial charge in [-0.1, -0.05) is 75.9 Å². The SMILES string of the molecule is C=C(C)Sc1ccc([C@@H]2C/C=C(/C)C/C=C/[C@H](C)[C@H](O)[C@@H](C)C(=O)C(C)(C)[C@@H](O)CC(=O)O2)cc1N. The largest absolute Gasteiger partial charge is 0.457 e. The van der Waals surface area contributed by atoms with Gasteiger partial charge in [0, 0.05) is 28.8 Å². The molecule has 1 aliphatic rings. The molecule has 1 heterocycles. The number of anilines is 1. The topological polar surface area (TPSA) is 110 Å². The summed E-state index contributed by atoms with van der Waals surface area (Å²) in [6.45, 7) is 14.5. The molecule has 2 rings (SSSR count). The molecule has 7 heteroatoms. The highest BCUT2D eigenvalue weighted by atomic mass is 32.2. The van der Waals surface area contributed by atoms with Gasteiger partial charge in [0.1, 0.15) is 11.9 Å². The third-order valence-electron chi connectivity index (χ3n) is 6.82. The van der Waals surface area contributed by atoms with Gasteiger partial charge in [-0.15, -0.1) is 0 Å². The van der Waals surface area contributed by atoms with E-state index in [2.05, 4.69) is 6.58 Å². The van der Waals surface area contributed by atoms with Crippen molar-refractivity contribution >= 4 is 29.2 Å². The van der Waals surface area contributed by atoms with Crippen molar-refractivity contribution in [3.63, 3.8) is 0 Å². The molecule has 0 amide bonds. The number of nitrogen functional groups attached to an aromatic ring is 1. The van der Waals surface area contributed by atoms with Gasteiger partial charge in [-0.05, 0) is 42.9 Å². The second-order valence-electron chi connectivity index (χ2n) is 10.4. The summed E-state index contributed by atoms with van der Waals surface area (Å²) in [6, 6.07) is 5.58. The van der Waals surface area contributed by atoms with Gasteiger partial charge in [0.15, 0.2) is 0 Å². The molecule has 1 aromatic rings. The van der Waals surface area contributed by atoms with Crippen LogP contribution in [0.15, 0.2) is 58.4 Å². The second-order valence-corrected chi connectivity index (χ2v) is 11.8. The van der Waals surface area contributed by atoms with E-state index in [1.54, 1.807) is 26.8 Å². The van der Waals surface area contributed by atoms with Crippen LogP contribution in [0.5, 0.6) is 0 Å². The zero-order valence-corrected chi connectivity index (χ0v) is 23.1. The number of benzene rings is 1. The molecule has 36 heavy (non-hydrogen) atoms. The zero-order chi connectivity index (χ0) is 27.2. The summed E-state index contributed by atoms with van der Waals surface area (Å²) >= 11 is 1.48. The minimum absolute atomic E-state index is 0.242. The summed E-state index contributed by atoms with van der Waals surface area (Å²) in [5.41, 5.74) is 7.43. The van der Waals surface area contributed by atoms with Crippen LogP contribution >= 0.6 is 11.8 Å². The van der Waals surface area contributed by atoms with Crippen LogP contribution in [-0.2, 0) is 14.3 Å². The van der Waals surface area contributed by atoms with E-state index in [-0.39, 0.29) is 18.1 Å². The molecule has 1 aliphatic heterocycles. The molecule has 0 unspecified atom stereocenters. The third-order valence-corrected chi connectivity index (χ3v) is 7.76. The van der Waals surface area contributed by atoms with Gasteiger partial charge in [0.2, 0.25) is 0 Å². The number of thioether (sulfide) groups is 1. The predicted octanol–water partition coefficient (Wildman–Crippen LogP) is 5.75. The Hall–Kier alpha value is -2.35. The van der Waals surface area contributed by atoms with E-state index < -0.39 is 35.6 Å². The smallest absolute Gasteiger partial charge is 0.309 e. The van der Waals surface area contributed by atoms with Crippen LogP contribution in [-0.4, -0.2) is 34.2 Å². The molecule has 0 spiro atoms. The number of aliphatic hydroxyl groups is 2. The van der Waals surface area contributed by atoms with Crippen molar-refractivity contribution in [2.24, 2.45) is 17.3 Å². The van der Waals surface area contributed by atoms with Crippen molar-refractivity contribution in [1.29, 1.82) is 0 Å². The van der Waals surface area contributed by atoms with Crippen molar-refractivity contribution in [1.82, 2.24) is 0 Å². The van der Waals surface area contributed by atoms with Crippen molar-refractivity contribution in [3.8, 4) is 0 Å². The first kappa shape index (κ1) is 29.9. The van der Waals surface area contributed by atoms with Crippen LogP contribution < -0.4 is 5.73 Å². The quantitative estimate of drug-likeness (QED) is 0.203. The van der Waals surface area contributed by atoms with Gasteiger partial charge in [0.05, 0.1) is 24.0 Å². The molecule has 0 aromatic heterocycles. The normalized spacial score (nSPS) is 30.7. The number of Topliss-reactive ketones (excluding diaryl/α,β-unsaturated/α-hetero) is 1. The van der Waals surface area contributed by atoms with E-state index in [0.29, 0.717) is 18.5 Å². The Morgan fingerprint density at radius 2 is 1.89 bits per heavy atom. The average molecular weight is 516 g/mol. The summed E-state index contributed by atoms with van der Waals surface area (Å²) in [7, 11) is 0. The van der Waals surface area contributed by atoms with Gasteiger partial charge >= 0.3 is 5.97 Å². The van der Waals surface area contributed by atoms with Crippen LogP contribution in [0.1, 0.15) is 72.5 Å². The van der Waals surface area contributed by atoms with Crippen LogP contribution in [0, 0.1) is 17.3 Å². The molecule has 0 bridgehead atoms. The first-order valence-corrected chi connectivity index (χ1v) is 13.2. The minimum atomic E-state index is -1.26. The fourth-order valence-corrected chi connectivity index (χ4v) is 4.94. The Labute approximate surface area is 219 Å². The summed E-state index contributed by atoms with van der Waals surface area (Å²) in [5.74, 6) is -1.85. The molecule has 0 saturated heterocycles. The van der Waals surface area contributed by atoms with Gasteiger partial charge in [-0.3, -0.25) is 9.59 Å². The Morgan fingerprint density at radius 3 is 2.50 bits per heavy atom. The molecule has 4 N–H and O–H groups in total. The molecule has 6 nitrogen and oxygen atoms in total. The molecule has 0 saturated carbocycles. The van der Waals surface area contributed by atoms with E-state index in [1.807, 2.05) is 51.1 Å². The van der Waals surface area contributed by atoms with Crippen LogP contribution in [0.25, 0.3) is 0 Å². The number of rotatable bonds is 3. The van der Waals surface area contributed by atoms with Crippen LogP contribution in [0.2, 0.25) is 0 Å². The van der Waals surface area contributed by atoms with Gasteiger partial charge in [-0.2, -0.15) is 0 Å². The van der Waals surface area contributed by atoms with E-state index in [0.717, 1.165) is 20.9 Å². The van der Waals surface area contributed by atoms with Crippen molar-refractivity contribution in [2.75, 3.05) is 5.73 Å². The first-order valence-electron chi connectivity index (χ1n) is 12.4. The number of hydrogen-bond acceptors (Lipinski definition) is 7. The number of carbonyl (C=O) groups excluding carboxylic acids is 2. The molecule has 1 aromatic carbocycles. The summed E-state index contributed by atoms with van der Waals surface area (Å²) in [5, 5.41) is 21.6. The maximum Gasteiger partial charge on any atom is 0.309 e. The van der Waals surface area contributed by atoms with Crippen molar-refractivity contribution in [2.45, 2.75) is 84.0 Å². The first-order chi connectivity index (χ1) is 16.7. The van der Waals surface area contributed by atoms with E-state index >= 15 is 0 Å². The monoisotopic (exact) mass is 515 g/mol. The lowest BCUT2D eigenvalue weighted by Crippen LogP contribution is -2.45.